The highest BCUT2D eigenvalue weighted by Crippen LogP contribution is 2.23. The zero-order chi connectivity index (χ0) is 16.7. The van der Waals surface area contributed by atoms with Gasteiger partial charge in [0.15, 0.2) is 0 Å². The lowest BCUT2D eigenvalue weighted by molar-refractivity contribution is -0.135. The first-order valence-corrected chi connectivity index (χ1v) is 9.02. The molecule has 1 aromatic heterocycles. The molecule has 1 N–H and O–H groups in total. The Bertz CT molecular complexity index is 574. The van der Waals surface area contributed by atoms with Crippen molar-refractivity contribution in [2.75, 3.05) is 18.2 Å². The Morgan fingerprint density at radius 1 is 1.48 bits per heavy atom. The van der Waals surface area contributed by atoms with Gasteiger partial charge in [-0.25, -0.2) is 0 Å². The van der Waals surface area contributed by atoms with Gasteiger partial charge >= 0.3 is 0 Å². The molecule has 1 aliphatic heterocycles. The van der Waals surface area contributed by atoms with Crippen LogP contribution < -0.4 is 5.32 Å². The Kier molecular flexibility index (Phi) is 6.65. The molecule has 5 nitrogen and oxygen atoms in total. The summed E-state index contributed by atoms with van der Waals surface area (Å²) in [7, 11) is 0. The molecule has 0 aromatic carbocycles. The number of carbonyl (C=O) groups is 2. The van der Waals surface area contributed by atoms with E-state index in [1.807, 2.05) is 38.1 Å². The van der Waals surface area contributed by atoms with Crippen molar-refractivity contribution in [3.8, 4) is 0 Å². The minimum Gasteiger partial charge on any atom is -0.354 e. The van der Waals surface area contributed by atoms with Crippen molar-refractivity contribution in [1.82, 2.24) is 15.2 Å². The van der Waals surface area contributed by atoms with E-state index >= 15 is 0 Å². The molecule has 1 aromatic rings. The molecule has 0 spiro atoms. The summed E-state index contributed by atoms with van der Waals surface area (Å²) in [4.78, 5) is 30.7. The number of rotatable bonds is 6. The Hall–Kier alpha value is -1.82. The lowest BCUT2D eigenvalue weighted by Gasteiger charge is -2.23. The number of thioether (sulfide) groups is 1. The van der Waals surface area contributed by atoms with Crippen LogP contribution in [0.5, 0.6) is 0 Å². The molecule has 1 atom stereocenters. The van der Waals surface area contributed by atoms with E-state index in [0.717, 1.165) is 12.1 Å². The number of aromatic nitrogens is 1. The summed E-state index contributed by atoms with van der Waals surface area (Å²) in [6, 6.07) is 5.36. The van der Waals surface area contributed by atoms with Gasteiger partial charge in [-0.2, -0.15) is 0 Å². The van der Waals surface area contributed by atoms with Gasteiger partial charge in [0.1, 0.15) is 6.04 Å². The van der Waals surface area contributed by atoms with Crippen LogP contribution in [0.1, 0.15) is 26.0 Å². The van der Waals surface area contributed by atoms with Crippen molar-refractivity contribution in [2.24, 2.45) is 0 Å². The molecule has 2 rings (SSSR count). The SMILES string of the molecule is CC/C=C(\C)C(=O)N1CSCC1C(=O)NCCc1ccccn1. The minimum absolute atomic E-state index is 0.0401. The first-order valence-electron chi connectivity index (χ1n) is 7.86. The summed E-state index contributed by atoms with van der Waals surface area (Å²) in [5, 5.41) is 2.92. The van der Waals surface area contributed by atoms with E-state index in [1.54, 1.807) is 22.9 Å². The zero-order valence-corrected chi connectivity index (χ0v) is 14.4. The van der Waals surface area contributed by atoms with E-state index in [9.17, 15) is 9.59 Å². The minimum atomic E-state index is -0.378. The second kappa shape index (κ2) is 8.72. The smallest absolute Gasteiger partial charge is 0.250 e. The predicted octanol–water partition coefficient (Wildman–Crippen LogP) is 2.00. The third-order valence-electron chi connectivity index (χ3n) is 3.70. The molecule has 1 aliphatic rings. The largest absolute Gasteiger partial charge is 0.354 e. The quantitative estimate of drug-likeness (QED) is 0.809. The van der Waals surface area contributed by atoms with E-state index in [4.69, 9.17) is 0 Å². The van der Waals surface area contributed by atoms with Crippen LogP contribution in [0.25, 0.3) is 0 Å². The van der Waals surface area contributed by atoms with Gasteiger partial charge in [0.25, 0.3) is 5.91 Å². The molecule has 1 fully saturated rings. The van der Waals surface area contributed by atoms with Gasteiger partial charge in [-0.15, -0.1) is 11.8 Å². The van der Waals surface area contributed by atoms with Gasteiger partial charge < -0.3 is 10.2 Å². The van der Waals surface area contributed by atoms with E-state index in [0.29, 0.717) is 30.2 Å². The number of carbonyl (C=O) groups excluding carboxylic acids is 2. The monoisotopic (exact) mass is 333 g/mol. The second-order valence-corrected chi connectivity index (χ2v) is 6.45. The molecule has 2 heterocycles. The first-order chi connectivity index (χ1) is 11.1. The van der Waals surface area contributed by atoms with Crippen LogP contribution in [0.2, 0.25) is 0 Å². The van der Waals surface area contributed by atoms with Crippen LogP contribution in [0.4, 0.5) is 0 Å². The summed E-state index contributed by atoms with van der Waals surface area (Å²) in [5.41, 5.74) is 1.66. The summed E-state index contributed by atoms with van der Waals surface area (Å²) in [6.45, 7) is 4.34. The summed E-state index contributed by atoms with van der Waals surface area (Å²) in [6.07, 6.45) is 5.16. The maximum atomic E-state index is 12.4. The van der Waals surface area contributed by atoms with Gasteiger partial charge in [0.05, 0.1) is 5.88 Å². The average molecular weight is 333 g/mol. The molecular weight excluding hydrogens is 310 g/mol. The molecule has 1 saturated heterocycles. The number of pyridine rings is 1. The standard InChI is InChI=1S/C17H23N3O2S/c1-3-6-13(2)17(22)20-12-23-11-15(20)16(21)19-10-8-14-7-4-5-9-18-14/h4-7,9,15H,3,8,10-12H2,1-2H3,(H,19,21)/b13-6+. The van der Waals surface area contributed by atoms with E-state index in [-0.39, 0.29) is 17.9 Å². The highest BCUT2D eigenvalue weighted by Gasteiger charge is 2.34. The topological polar surface area (TPSA) is 62.3 Å². The van der Waals surface area contributed by atoms with Crippen LogP contribution in [0.3, 0.4) is 0 Å². The van der Waals surface area contributed by atoms with Gasteiger partial charge in [0.2, 0.25) is 5.91 Å². The molecule has 2 amide bonds. The van der Waals surface area contributed by atoms with Gasteiger partial charge in [-0.1, -0.05) is 19.1 Å². The zero-order valence-electron chi connectivity index (χ0n) is 13.6. The molecule has 6 heteroatoms. The fraction of sp³-hybridized carbons (Fsp3) is 0.471. The normalized spacial score (nSPS) is 18.1. The third-order valence-corrected chi connectivity index (χ3v) is 4.71. The Morgan fingerprint density at radius 2 is 2.30 bits per heavy atom. The highest BCUT2D eigenvalue weighted by molar-refractivity contribution is 7.99. The van der Waals surface area contributed by atoms with Crippen LogP contribution in [-0.2, 0) is 16.0 Å². The summed E-state index contributed by atoms with van der Waals surface area (Å²) < 4.78 is 0. The summed E-state index contributed by atoms with van der Waals surface area (Å²) in [5.74, 6) is 1.11. The van der Waals surface area contributed by atoms with Crippen molar-refractivity contribution in [3.05, 3.63) is 41.7 Å². The Labute approximate surface area is 141 Å². The molecule has 0 bridgehead atoms. The lowest BCUT2D eigenvalue weighted by Crippen LogP contribution is -2.47. The third kappa shape index (κ3) is 4.82. The Morgan fingerprint density at radius 3 is 3.00 bits per heavy atom. The number of amides is 2. The Balaban J connectivity index is 1.88. The number of nitrogens with zero attached hydrogens (tertiary/aromatic N) is 2. The van der Waals surface area contributed by atoms with Gasteiger partial charge in [0, 0.05) is 36.2 Å². The second-order valence-electron chi connectivity index (χ2n) is 5.45. The molecule has 1 unspecified atom stereocenters. The van der Waals surface area contributed by atoms with Crippen molar-refractivity contribution < 1.29 is 9.59 Å². The first kappa shape index (κ1) is 17.5. The van der Waals surface area contributed by atoms with Gasteiger partial charge in [-0.3, -0.25) is 14.6 Å². The van der Waals surface area contributed by atoms with Crippen LogP contribution in [-0.4, -0.2) is 45.9 Å². The highest BCUT2D eigenvalue weighted by atomic mass is 32.2. The molecule has 0 saturated carbocycles. The predicted molar refractivity (Wildman–Crippen MR) is 93.0 cm³/mol. The fourth-order valence-corrected chi connectivity index (χ4v) is 3.61. The van der Waals surface area contributed by atoms with Crippen molar-refractivity contribution in [3.63, 3.8) is 0 Å². The van der Waals surface area contributed by atoms with E-state index in [1.165, 1.54) is 0 Å². The average Bonchev–Trinajstić information content (AvgIpc) is 3.05. The van der Waals surface area contributed by atoms with Gasteiger partial charge in [-0.05, 0) is 25.5 Å². The van der Waals surface area contributed by atoms with Crippen LogP contribution >= 0.6 is 11.8 Å². The van der Waals surface area contributed by atoms with Crippen LogP contribution in [0.15, 0.2) is 36.0 Å². The fourth-order valence-electron chi connectivity index (χ4n) is 2.46. The van der Waals surface area contributed by atoms with E-state index in [2.05, 4.69) is 10.3 Å². The maximum Gasteiger partial charge on any atom is 0.250 e. The maximum absolute atomic E-state index is 12.4. The number of hydrogen-bond acceptors (Lipinski definition) is 4. The molecule has 124 valence electrons. The lowest BCUT2D eigenvalue weighted by atomic mass is 10.2. The molecule has 23 heavy (non-hydrogen) atoms. The van der Waals surface area contributed by atoms with Crippen molar-refractivity contribution >= 4 is 23.6 Å². The number of hydrogen-bond donors (Lipinski definition) is 1. The van der Waals surface area contributed by atoms with Crippen LogP contribution in [0, 0.1) is 0 Å². The number of nitrogens with one attached hydrogen (secondary N) is 1. The van der Waals surface area contributed by atoms with Crippen molar-refractivity contribution in [1.29, 1.82) is 0 Å². The summed E-state index contributed by atoms with van der Waals surface area (Å²) >= 11 is 1.62. The van der Waals surface area contributed by atoms with Crippen molar-refractivity contribution in [2.45, 2.75) is 32.7 Å². The molecular formula is C17H23N3O2S. The number of allylic oxidation sites excluding steroid dienone is 1. The molecule has 0 aliphatic carbocycles. The molecule has 0 radical (unpaired) electrons. The van der Waals surface area contributed by atoms with E-state index < -0.39 is 0 Å².